The van der Waals surface area contributed by atoms with E-state index in [2.05, 4.69) is 18.7 Å². The average Bonchev–Trinajstić information content (AvgIpc) is 3.41. The number of amides is 1. The Labute approximate surface area is 187 Å². The Balaban J connectivity index is 1.95. The van der Waals surface area contributed by atoms with Gasteiger partial charge in [0, 0.05) is 13.1 Å². The molecule has 0 saturated carbocycles. The lowest BCUT2D eigenvalue weighted by Gasteiger charge is -2.29. The largest absolute Gasteiger partial charge is 0.503 e. The quantitative estimate of drug-likeness (QED) is 0.521. The van der Waals surface area contributed by atoms with Crippen LogP contribution in [0.1, 0.15) is 48.5 Å². The number of ether oxygens (including phenoxy) is 1. The molecule has 3 rings (SSSR count). The zero-order chi connectivity index (χ0) is 22.4. The summed E-state index contributed by atoms with van der Waals surface area (Å²) in [5.41, 5.74) is 0.926. The van der Waals surface area contributed by atoms with Crippen molar-refractivity contribution >= 4 is 23.0 Å². The topological polar surface area (TPSA) is 70.1 Å². The molecule has 0 aliphatic carbocycles. The van der Waals surface area contributed by atoms with E-state index in [4.69, 9.17) is 4.74 Å². The zero-order valence-corrected chi connectivity index (χ0v) is 19.2. The summed E-state index contributed by atoms with van der Waals surface area (Å²) < 4.78 is 5.67. The highest BCUT2D eigenvalue weighted by Gasteiger charge is 2.43. The molecule has 1 aliphatic heterocycles. The number of nitrogens with zero attached hydrogens (tertiary/aromatic N) is 2. The first-order chi connectivity index (χ1) is 15.0. The van der Waals surface area contributed by atoms with Crippen molar-refractivity contribution in [2.45, 2.75) is 33.2 Å². The number of thiophene rings is 1. The third-order valence-electron chi connectivity index (χ3n) is 5.51. The molecule has 1 N–H and O–H groups in total. The lowest BCUT2D eigenvalue weighted by Crippen LogP contribution is -2.38. The normalized spacial score (nSPS) is 16.5. The molecule has 0 spiro atoms. The molecule has 2 aromatic rings. The first-order valence-corrected chi connectivity index (χ1v) is 11.7. The Morgan fingerprint density at radius 1 is 1.16 bits per heavy atom. The molecule has 1 atom stereocenters. The van der Waals surface area contributed by atoms with Crippen molar-refractivity contribution in [3.63, 3.8) is 0 Å². The van der Waals surface area contributed by atoms with Crippen LogP contribution in [0.5, 0.6) is 5.75 Å². The van der Waals surface area contributed by atoms with Crippen LogP contribution in [0.25, 0.3) is 0 Å². The summed E-state index contributed by atoms with van der Waals surface area (Å²) in [6, 6.07) is 10.3. The minimum absolute atomic E-state index is 0.147. The molecule has 1 aliphatic rings. The number of Topliss-reactive ketones (excluding diaryl/α,β-unsaturated/α-hetero) is 1. The molecule has 1 aromatic heterocycles. The average molecular weight is 443 g/mol. The predicted molar refractivity (Wildman–Crippen MR) is 123 cm³/mol. The van der Waals surface area contributed by atoms with Crippen molar-refractivity contribution in [3.8, 4) is 5.75 Å². The summed E-state index contributed by atoms with van der Waals surface area (Å²) >= 11 is 1.30. The van der Waals surface area contributed by atoms with E-state index in [1.54, 1.807) is 17.0 Å². The smallest absolute Gasteiger partial charge is 0.290 e. The van der Waals surface area contributed by atoms with Gasteiger partial charge in [-0.1, -0.05) is 39.0 Å². The number of likely N-dealkylation sites (N-methyl/N-ethyl adjacent to an activating group) is 1. The minimum atomic E-state index is -0.627. The number of benzene rings is 1. The highest BCUT2D eigenvalue weighted by molar-refractivity contribution is 7.12. The fourth-order valence-corrected chi connectivity index (χ4v) is 4.44. The van der Waals surface area contributed by atoms with Gasteiger partial charge in [-0.15, -0.1) is 11.3 Å². The minimum Gasteiger partial charge on any atom is -0.503 e. The number of hydrogen-bond donors (Lipinski definition) is 1. The van der Waals surface area contributed by atoms with Crippen LogP contribution < -0.4 is 4.74 Å². The van der Waals surface area contributed by atoms with Crippen molar-refractivity contribution in [1.29, 1.82) is 0 Å². The molecule has 1 aromatic carbocycles. The van der Waals surface area contributed by atoms with Gasteiger partial charge < -0.3 is 19.6 Å². The van der Waals surface area contributed by atoms with Gasteiger partial charge in [0.2, 0.25) is 5.78 Å². The van der Waals surface area contributed by atoms with Crippen LogP contribution in [0.15, 0.2) is 53.1 Å². The molecular weight excluding hydrogens is 412 g/mol. The number of rotatable bonds is 11. The Bertz CT molecular complexity index is 918. The van der Waals surface area contributed by atoms with E-state index in [1.807, 2.05) is 36.6 Å². The van der Waals surface area contributed by atoms with Crippen LogP contribution in [0.3, 0.4) is 0 Å². The van der Waals surface area contributed by atoms with Gasteiger partial charge in [-0.05, 0) is 48.7 Å². The lowest BCUT2D eigenvalue weighted by molar-refractivity contribution is -0.129. The zero-order valence-electron chi connectivity index (χ0n) is 18.3. The molecule has 0 radical (unpaired) electrons. The van der Waals surface area contributed by atoms with Gasteiger partial charge in [-0.25, -0.2) is 0 Å². The summed E-state index contributed by atoms with van der Waals surface area (Å²) in [4.78, 5) is 30.6. The Kier molecular flexibility index (Phi) is 7.87. The highest BCUT2D eigenvalue weighted by Crippen LogP contribution is 2.39. The molecule has 7 heteroatoms. The van der Waals surface area contributed by atoms with Gasteiger partial charge in [-0.3, -0.25) is 9.59 Å². The molecule has 31 heavy (non-hydrogen) atoms. The van der Waals surface area contributed by atoms with Gasteiger partial charge in [0.15, 0.2) is 5.76 Å². The third kappa shape index (κ3) is 4.99. The van der Waals surface area contributed by atoms with E-state index in [1.165, 1.54) is 11.3 Å². The molecule has 6 nitrogen and oxygen atoms in total. The number of aliphatic hydroxyl groups is 1. The molecule has 0 bridgehead atoms. The molecular formula is C24H30N2O4S. The summed E-state index contributed by atoms with van der Waals surface area (Å²) in [6.07, 6.45) is 0.911. The maximum Gasteiger partial charge on any atom is 0.290 e. The van der Waals surface area contributed by atoms with Crippen molar-refractivity contribution in [3.05, 3.63) is 63.6 Å². The van der Waals surface area contributed by atoms with E-state index in [-0.39, 0.29) is 11.4 Å². The first kappa shape index (κ1) is 23.0. The highest BCUT2D eigenvalue weighted by atomic mass is 32.1. The summed E-state index contributed by atoms with van der Waals surface area (Å²) in [5, 5.41) is 12.5. The van der Waals surface area contributed by atoms with Crippen LogP contribution in [-0.4, -0.2) is 59.4 Å². The predicted octanol–water partition coefficient (Wildman–Crippen LogP) is 4.46. The third-order valence-corrected chi connectivity index (χ3v) is 6.38. The standard InChI is InChI=1S/C24H30N2O4S/c1-4-15-30-18-11-9-17(10-12-18)21-20(22(27)19-8-7-16-31-19)23(28)24(29)26(21)14-13-25(5-2)6-3/h7-12,16,21,28H,4-6,13-15H2,1-3H3/t21-/m0/s1. The van der Waals surface area contributed by atoms with Crippen molar-refractivity contribution in [2.75, 3.05) is 32.8 Å². The Morgan fingerprint density at radius 2 is 1.87 bits per heavy atom. The molecule has 0 fully saturated rings. The number of ketones is 1. The van der Waals surface area contributed by atoms with Gasteiger partial charge in [0.1, 0.15) is 5.75 Å². The first-order valence-electron chi connectivity index (χ1n) is 10.8. The van der Waals surface area contributed by atoms with Crippen molar-refractivity contribution < 1.29 is 19.4 Å². The second kappa shape index (κ2) is 10.6. The molecule has 1 amide bonds. The van der Waals surface area contributed by atoms with E-state index < -0.39 is 17.7 Å². The van der Waals surface area contributed by atoms with Crippen LogP contribution in [0.2, 0.25) is 0 Å². The van der Waals surface area contributed by atoms with E-state index in [0.29, 0.717) is 24.6 Å². The number of aliphatic hydroxyl groups excluding tert-OH is 1. The molecule has 2 heterocycles. The van der Waals surface area contributed by atoms with E-state index in [9.17, 15) is 14.7 Å². The van der Waals surface area contributed by atoms with Gasteiger partial charge in [0.05, 0.1) is 23.1 Å². The maximum absolute atomic E-state index is 13.2. The Hall–Kier alpha value is -2.64. The van der Waals surface area contributed by atoms with Crippen LogP contribution in [-0.2, 0) is 4.79 Å². The molecule has 0 saturated heterocycles. The van der Waals surface area contributed by atoms with E-state index in [0.717, 1.165) is 30.8 Å². The van der Waals surface area contributed by atoms with Crippen molar-refractivity contribution in [1.82, 2.24) is 9.80 Å². The van der Waals surface area contributed by atoms with Gasteiger partial charge in [0.25, 0.3) is 5.91 Å². The van der Waals surface area contributed by atoms with Crippen molar-refractivity contribution in [2.24, 2.45) is 0 Å². The van der Waals surface area contributed by atoms with Gasteiger partial charge in [-0.2, -0.15) is 0 Å². The number of hydrogen-bond acceptors (Lipinski definition) is 6. The fourth-order valence-electron chi connectivity index (χ4n) is 3.76. The summed E-state index contributed by atoms with van der Waals surface area (Å²) in [6.45, 7) is 9.64. The van der Waals surface area contributed by atoms with Gasteiger partial charge >= 0.3 is 0 Å². The summed E-state index contributed by atoms with van der Waals surface area (Å²) in [5.74, 6) is -0.510. The number of carbonyl (C=O) groups is 2. The maximum atomic E-state index is 13.2. The van der Waals surface area contributed by atoms with Crippen LogP contribution >= 0.6 is 11.3 Å². The summed E-state index contributed by atoms with van der Waals surface area (Å²) in [7, 11) is 0. The van der Waals surface area contributed by atoms with Crippen LogP contribution in [0, 0.1) is 0 Å². The second-order valence-electron chi connectivity index (χ2n) is 7.41. The van der Waals surface area contributed by atoms with Crippen LogP contribution in [0.4, 0.5) is 0 Å². The SMILES string of the molecule is CCCOc1ccc([C@H]2C(C(=O)c3cccs3)=C(O)C(=O)N2CCN(CC)CC)cc1. The molecule has 166 valence electrons. The second-order valence-corrected chi connectivity index (χ2v) is 8.36. The fraction of sp³-hybridized carbons (Fsp3) is 0.417. The monoisotopic (exact) mass is 442 g/mol. The number of carbonyl (C=O) groups excluding carboxylic acids is 2. The molecule has 0 unspecified atom stereocenters. The van der Waals surface area contributed by atoms with E-state index >= 15 is 0 Å². The Morgan fingerprint density at radius 3 is 2.45 bits per heavy atom. The lowest BCUT2D eigenvalue weighted by atomic mass is 9.95.